The summed E-state index contributed by atoms with van der Waals surface area (Å²) >= 11 is 13.5. The van der Waals surface area contributed by atoms with Gasteiger partial charge in [-0.05, 0) is 130 Å². The number of carboxylic acid groups (broad SMARTS) is 2. The van der Waals surface area contributed by atoms with Crippen molar-refractivity contribution in [2.75, 3.05) is 34.4 Å². The first-order valence-electron chi connectivity index (χ1n) is 22.3. The van der Waals surface area contributed by atoms with Crippen LogP contribution in [0.15, 0.2) is 97.1 Å². The predicted octanol–water partition coefficient (Wildman–Crippen LogP) is 11.4. The summed E-state index contributed by atoms with van der Waals surface area (Å²) in [7, 11) is 5.69. The Morgan fingerprint density at radius 1 is 0.556 bits per heavy atom. The third kappa shape index (κ3) is 18.7. The number of carbonyl (C=O) groups is 2. The van der Waals surface area contributed by atoms with E-state index in [1.807, 2.05) is 88.1 Å². The molecule has 0 fully saturated rings. The van der Waals surface area contributed by atoms with Crippen molar-refractivity contribution in [1.82, 2.24) is 9.80 Å². The standard InChI is InChI=1S/C50H50Cl2F4N2O5.C2H6O.2CH2O2/c1-30(25-59)58(6)24-38-18-46(52)50(22-48(38)61-27-34-15-41(55)20-42(56)16-34)63-29-36-10-8-12-44(32(36)3)43-11-7-9-35(31(43)2)28-62-49-21-47(37(17-45(49)51)23-57(4)5)60-26-33-13-39(53)19-40(54)14-33;1-2-3;2*2-1-3/h7-22,30,59H,23-29H2,1-6H3;3H,2H2,1H3;2*1H,(H,2,3). The van der Waals surface area contributed by atoms with Gasteiger partial charge in [0, 0.05) is 61.1 Å². The van der Waals surface area contributed by atoms with Gasteiger partial charge in [-0.2, -0.15) is 0 Å². The lowest BCUT2D eigenvalue weighted by molar-refractivity contribution is -0.123. The first kappa shape index (κ1) is 59.9. The second-order valence-electron chi connectivity index (χ2n) is 16.4. The van der Waals surface area contributed by atoms with E-state index in [0.717, 1.165) is 51.1 Å². The molecule has 0 saturated heterocycles. The Kier molecular flexibility index (Phi) is 25.4. The molecular weight excluding hydrogens is 983 g/mol. The van der Waals surface area contributed by atoms with Gasteiger partial charge >= 0.3 is 0 Å². The Balaban J connectivity index is 0.00000141. The van der Waals surface area contributed by atoms with Gasteiger partial charge in [0.25, 0.3) is 12.9 Å². The zero-order chi connectivity index (χ0) is 53.5. The number of aliphatic hydroxyl groups is 2. The smallest absolute Gasteiger partial charge is 0.290 e. The summed E-state index contributed by atoms with van der Waals surface area (Å²) in [6.07, 6.45) is 0. The van der Waals surface area contributed by atoms with Crippen LogP contribution in [0.25, 0.3) is 11.1 Å². The summed E-state index contributed by atoms with van der Waals surface area (Å²) in [5.74, 6) is -1.10. The van der Waals surface area contributed by atoms with Crippen LogP contribution >= 0.6 is 23.2 Å². The number of nitrogens with zero attached hydrogens (tertiary/aromatic N) is 2. The van der Waals surface area contributed by atoms with Crippen LogP contribution in [0.5, 0.6) is 23.0 Å². The van der Waals surface area contributed by atoms with Crippen molar-refractivity contribution < 1.29 is 66.5 Å². The third-order valence-corrected chi connectivity index (χ3v) is 11.3. The van der Waals surface area contributed by atoms with Crippen LogP contribution in [-0.2, 0) is 49.1 Å². The molecule has 18 heteroatoms. The van der Waals surface area contributed by atoms with E-state index in [9.17, 15) is 22.7 Å². The highest BCUT2D eigenvalue weighted by molar-refractivity contribution is 6.32. The number of ether oxygens (including phenoxy) is 4. The maximum atomic E-state index is 14.0. The molecule has 0 aliphatic heterocycles. The molecule has 6 aromatic rings. The number of rotatable bonds is 19. The normalized spacial score (nSPS) is 11.0. The Morgan fingerprint density at radius 2 is 0.903 bits per heavy atom. The maximum Gasteiger partial charge on any atom is 0.290 e. The second kappa shape index (κ2) is 30.5. The molecule has 0 bridgehead atoms. The van der Waals surface area contributed by atoms with Crippen molar-refractivity contribution in [2.45, 2.75) is 73.3 Å². The number of hydrogen-bond donors (Lipinski definition) is 4. The van der Waals surface area contributed by atoms with Gasteiger partial charge in [0.15, 0.2) is 0 Å². The molecule has 0 radical (unpaired) electrons. The summed E-state index contributed by atoms with van der Waals surface area (Å²) in [4.78, 5) is 20.6. The largest absolute Gasteiger partial charge is 0.488 e. The molecule has 0 spiro atoms. The Hall–Kier alpha value is -6.40. The SMILES string of the molecule is CCO.Cc1c(COc2cc(OCc3cc(F)cc(F)c3)c(CN(C)C)cc2Cl)cccc1-c1cccc(COc2cc(OCc3cc(F)cc(F)c3)c(CN(C)C(C)CO)cc2Cl)c1C.O=CO.O=CO. The molecule has 6 aromatic carbocycles. The fourth-order valence-electron chi connectivity index (χ4n) is 7.08. The van der Waals surface area contributed by atoms with Crippen molar-refractivity contribution in [3.63, 3.8) is 0 Å². The van der Waals surface area contributed by atoms with Crippen LogP contribution in [0.1, 0.15) is 58.4 Å². The van der Waals surface area contributed by atoms with Crippen molar-refractivity contribution in [1.29, 1.82) is 0 Å². The van der Waals surface area contributed by atoms with Gasteiger partial charge in [-0.25, -0.2) is 17.6 Å². The highest BCUT2D eigenvalue weighted by Gasteiger charge is 2.19. The van der Waals surface area contributed by atoms with E-state index in [4.69, 9.17) is 67.1 Å². The zero-order valence-corrected chi connectivity index (χ0v) is 42.5. The van der Waals surface area contributed by atoms with Gasteiger partial charge in [-0.15, -0.1) is 0 Å². The van der Waals surface area contributed by atoms with Crippen molar-refractivity contribution >= 4 is 36.1 Å². The number of aliphatic hydroxyl groups excluding tert-OH is 2. The number of hydrogen-bond acceptors (Lipinski definition) is 10. The summed E-state index contributed by atoms with van der Waals surface area (Å²) in [5.41, 5.74) is 8.02. The van der Waals surface area contributed by atoms with Gasteiger partial charge in [0.2, 0.25) is 0 Å². The van der Waals surface area contributed by atoms with Crippen LogP contribution < -0.4 is 18.9 Å². The molecule has 0 amide bonds. The molecule has 12 nitrogen and oxygen atoms in total. The minimum Gasteiger partial charge on any atom is -0.488 e. The van der Waals surface area contributed by atoms with Crippen LogP contribution in [0, 0.1) is 37.1 Å². The maximum absolute atomic E-state index is 14.0. The fraction of sp³-hybridized carbons (Fsp3) is 0.296. The summed E-state index contributed by atoms with van der Waals surface area (Å²) in [5, 5.41) is 31.8. The first-order valence-corrected chi connectivity index (χ1v) is 23.0. The average Bonchev–Trinajstić information content (AvgIpc) is 3.31. The first-order chi connectivity index (χ1) is 34.3. The molecule has 0 aliphatic rings. The van der Waals surface area contributed by atoms with Crippen molar-refractivity contribution in [2.24, 2.45) is 0 Å². The van der Waals surface area contributed by atoms with Gasteiger partial charge < -0.3 is 44.3 Å². The van der Waals surface area contributed by atoms with Crippen LogP contribution in [0.3, 0.4) is 0 Å². The lowest BCUT2D eigenvalue weighted by atomic mass is 9.92. The fourth-order valence-corrected chi connectivity index (χ4v) is 7.56. The lowest BCUT2D eigenvalue weighted by Gasteiger charge is -2.25. The Bertz CT molecular complexity index is 2650. The molecule has 4 N–H and O–H groups in total. The minimum atomic E-state index is -0.702. The molecule has 1 atom stereocenters. The number of halogens is 6. The second-order valence-corrected chi connectivity index (χ2v) is 17.2. The van der Waals surface area contributed by atoms with E-state index in [2.05, 4.69) is 0 Å². The minimum absolute atomic E-state index is 0.0511. The van der Waals surface area contributed by atoms with E-state index in [1.54, 1.807) is 31.2 Å². The van der Waals surface area contributed by atoms with Gasteiger partial charge in [-0.3, -0.25) is 14.5 Å². The van der Waals surface area contributed by atoms with E-state index in [1.165, 1.54) is 24.3 Å². The number of benzene rings is 6. The van der Waals surface area contributed by atoms with E-state index < -0.39 is 23.3 Å². The van der Waals surface area contributed by atoms with E-state index in [-0.39, 0.29) is 58.6 Å². The molecule has 1 unspecified atom stereocenters. The molecule has 0 aliphatic carbocycles. The molecule has 0 saturated carbocycles. The summed E-state index contributed by atoms with van der Waals surface area (Å²) < 4.78 is 80.6. The van der Waals surface area contributed by atoms with Gasteiger partial charge in [-0.1, -0.05) is 59.6 Å². The van der Waals surface area contributed by atoms with E-state index >= 15 is 0 Å². The molecule has 0 heterocycles. The number of likely N-dealkylation sites (N-methyl/N-ethyl adjacent to an activating group) is 1. The molecule has 0 aromatic heterocycles. The summed E-state index contributed by atoms with van der Waals surface area (Å²) in [6.45, 7) is 8.44. The van der Waals surface area contributed by atoms with E-state index in [0.29, 0.717) is 62.8 Å². The average molecular weight is 1040 g/mol. The topological polar surface area (TPSA) is 158 Å². The Morgan fingerprint density at radius 3 is 1.25 bits per heavy atom. The van der Waals surface area contributed by atoms with Crippen molar-refractivity contribution in [3.05, 3.63) is 175 Å². The quantitative estimate of drug-likeness (QED) is 0.0450. The van der Waals surface area contributed by atoms with Crippen LogP contribution in [0.4, 0.5) is 17.6 Å². The third-order valence-electron chi connectivity index (χ3n) is 10.7. The predicted molar refractivity (Wildman–Crippen MR) is 270 cm³/mol. The molecule has 388 valence electrons. The Labute approximate surface area is 427 Å². The monoisotopic (exact) mass is 1040 g/mol. The van der Waals surface area contributed by atoms with Gasteiger partial charge in [0.1, 0.15) is 72.7 Å². The highest BCUT2D eigenvalue weighted by atomic mass is 35.5. The molecular formula is C54H60Cl2F4N2O10. The molecule has 6 rings (SSSR count). The van der Waals surface area contributed by atoms with Crippen LogP contribution in [0.2, 0.25) is 10.0 Å². The molecule has 72 heavy (non-hydrogen) atoms. The van der Waals surface area contributed by atoms with Gasteiger partial charge in [0.05, 0.1) is 16.7 Å². The zero-order valence-electron chi connectivity index (χ0n) is 41.0. The highest BCUT2D eigenvalue weighted by Crippen LogP contribution is 2.38. The lowest BCUT2D eigenvalue weighted by Crippen LogP contribution is -2.31. The van der Waals surface area contributed by atoms with Crippen LogP contribution in [-0.4, -0.2) is 83.6 Å². The summed E-state index contributed by atoms with van der Waals surface area (Å²) in [6, 6.07) is 25.3. The van der Waals surface area contributed by atoms with Crippen molar-refractivity contribution in [3.8, 4) is 34.1 Å².